The number of phenols is 1. The Morgan fingerprint density at radius 2 is 1.68 bits per heavy atom. The highest BCUT2D eigenvalue weighted by molar-refractivity contribution is 7.07. The number of rotatable bonds is 11. The lowest BCUT2D eigenvalue weighted by Crippen LogP contribution is -2.43. The van der Waals surface area contributed by atoms with Gasteiger partial charge < -0.3 is 21.1 Å². The van der Waals surface area contributed by atoms with Crippen LogP contribution in [0.5, 0.6) is 5.75 Å². The number of aromatic hydroxyl groups is 1. The fourth-order valence-corrected chi connectivity index (χ4v) is 3.90. The SMILES string of the molecule is C#C.C#C.C=CCN(CCCc1ccc(O)cc1)c1c(NCCc2ccsc2)c(=O)c1=O.CN. The highest BCUT2D eigenvalue weighted by Gasteiger charge is 2.25. The summed E-state index contributed by atoms with van der Waals surface area (Å²) in [6.45, 7) is 5.55. The molecule has 0 spiro atoms. The van der Waals surface area contributed by atoms with Crippen molar-refractivity contribution in [3.05, 3.63) is 85.3 Å². The predicted molar refractivity (Wildman–Crippen MR) is 147 cm³/mol. The summed E-state index contributed by atoms with van der Waals surface area (Å²) in [5.41, 5.74) is 6.87. The number of hydrogen-bond donors (Lipinski definition) is 3. The number of aryl methyl sites for hydroxylation is 1. The van der Waals surface area contributed by atoms with Crippen molar-refractivity contribution in [2.75, 3.05) is 36.9 Å². The van der Waals surface area contributed by atoms with Crippen LogP contribution in [0, 0.1) is 25.7 Å². The summed E-state index contributed by atoms with van der Waals surface area (Å²) < 4.78 is 0. The Bertz CT molecular complexity index is 1050. The molecule has 4 N–H and O–H groups in total. The zero-order chi connectivity index (χ0) is 25.9. The molecule has 1 aromatic heterocycles. The fraction of sp³-hybridized carbons (Fsp3) is 0.259. The first-order chi connectivity index (χ1) is 16.6. The van der Waals surface area contributed by atoms with Gasteiger partial charge in [0.2, 0.25) is 0 Å². The molecule has 6 nitrogen and oxygen atoms in total. The fourth-order valence-electron chi connectivity index (χ4n) is 3.20. The molecule has 0 bridgehead atoms. The molecular weight excluding hydrogens is 446 g/mol. The van der Waals surface area contributed by atoms with Gasteiger partial charge in [0.15, 0.2) is 0 Å². The van der Waals surface area contributed by atoms with E-state index in [4.69, 9.17) is 0 Å². The van der Waals surface area contributed by atoms with Gasteiger partial charge in [0.1, 0.15) is 17.1 Å². The van der Waals surface area contributed by atoms with Crippen LogP contribution >= 0.6 is 11.3 Å². The van der Waals surface area contributed by atoms with Crippen molar-refractivity contribution in [2.45, 2.75) is 19.3 Å². The lowest BCUT2D eigenvalue weighted by Gasteiger charge is -2.26. The molecule has 3 aromatic rings. The van der Waals surface area contributed by atoms with Crippen molar-refractivity contribution in [3.8, 4) is 31.4 Å². The quantitative estimate of drug-likeness (QED) is 0.222. The second-order valence-corrected chi connectivity index (χ2v) is 7.47. The van der Waals surface area contributed by atoms with E-state index in [1.54, 1.807) is 29.5 Å². The van der Waals surface area contributed by atoms with E-state index in [2.05, 4.69) is 54.8 Å². The van der Waals surface area contributed by atoms with E-state index in [0.717, 1.165) is 24.8 Å². The first kappa shape index (κ1) is 30.2. The Labute approximate surface area is 206 Å². The molecule has 180 valence electrons. The van der Waals surface area contributed by atoms with Crippen molar-refractivity contribution >= 4 is 22.7 Å². The largest absolute Gasteiger partial charge is 0.508 e. The zero-order valence-corrected chi connectivity index (χ0v) is 20.4. The molecule has 3 rings (SSSR count). The highest BCUT2D eigenvalue weighted by Crippen LogP contribution is 2.21. The van der Waals surface area contributed by atoms with Crippen molar-refractivity contribution < 1.29 is 5.11 Å². The summed E-state index contributed by atoms with van der Waals surface area (Å²) in [7, 11) is 1.50. The molecular formula is C27H33N3O3S. The van der Waals surface area contributed by atoms with Crippen LogP contribution in [0.25, 0.3) is 0 Å². The van der Waals surface area contributed by atoms with Gasteiger partial charge in [-0.15, -0.1) is 32.3 Å². The minimum absolute atomic E-state index is 0.249. The Hall–Kier alpha value is -3.78. The number of terminal acetylenes is 2. The summed E-state index contributed by atoms with van der Waals surface area (Å²) in [4.78, 5) is 26.2. The van der Waals surface area contributed by atoms with Gasteiger partial charge in [-0.1, -0.05) is 18.2 Å². The summed E-state index contributed by atoms with van der Waals surface area (Å²) in [6, 6.07) is 9.18. The van der Waals surface area contributed by atoms with Crippen LogP contribution in [-0.2, 0) is 12.8 Å². The summed E-state index contributed by atoms with van der Waals surface area (Å²) in [5, 5.41) is 16.6. The van der Waals surface area contributed by atoms with Crippen molar-refractivity contribution in [2.24, 2.45) is 5.73 Å². The van der Waals surface area contributed by atoms with Gasteiger partial charge in [-0.3, -0.25) is 9.59 Å². The van der Waals surface area contributed by atoms with Crippen LogP contribution in [0.2, 0.25) is 0 Å². The Kier molecular flexibility index (Phi) is 15.8. The molecule has 0 saturated heterocycles. The molecule has 0 saturated carbocycles. The van der Waals surface area contributed by atoms with E-state index in [1.165, 1.54) is 12.6 Å². The van der Waals surface area contributed by atoms with Crippen molar-refractivity contribution in [3.63, 3.8) is 0 Å². The highest BCUT2D eigenvalue weighted by atomic mass is 32.1. The number of phenolic OH excluding ortho intramolecular Hbond substituents is 1. The van der Waals surface area contributed by atoms with Crippen LogP contribution in [0.3, 0.4) is 0 Å². The van der Waals surface area contributed by atoms with Gasteiger partial charge in [0.25, 0.3) is 10.9 Å². The van der Waals surface area contributed by atoms with Gasteiger partial charge in [0, 0.05) is 19.6 Å². The van der Waals surface area contributed by atoms with Crippen molar-refractivity contribution in [1.29, 1.82) is 0 Å². The predicted octanol–water partition coefficient (Wildman–Crippen LogP) is 3.40. The lowest BCUT2D eigenvalue weighted by molar-refractivity contribution is 0.475. The maximum atomic E-state index is 12.2. The van der Waals surface area contributed by atoms with Crippen LogP contribution in [0.15, 0.2) is 63.3 Å². The monoisotopic (exact) mass is 479 g/mol. The first-order valence-electron chi connectivity index (χ1n) is 10.6. The van der Waals surface area contributed by atoms with Crippen LogP contribution < -0.4 is 26.8 Å². The van der Waals surface area contributed by atoms with Gasteiger partial charge in [-0.05, 0) is 66.4 Å². The maximum Gasteiger partial charge on any atom is 0.253 e. The third-order valence-corrected chi connectivity index (χ3v) is 5.41. The van der Waals surface area contributed by atoms with E-state index in [0.29, 0.717) is 31.0 Å². The summed E-state index contributed by atoms with van der Waals surface area (Å²) >= 11 is 1.65. The average molecular weight is 480 g/mol. The number of nitrogens with one attached hydrogen (secondary N) is 1. The number of nitrogens with zero attached hydrogens (tertiary/aromatic N) is 1. The third-order valence-electron chi connectivity index (χ3n) is 4.68. The Balaban J connectivity index is 0.00000168. The molecule has 0 amide bonds. The van der Waals surface area contributed by atoms with Crippen LogP contribution in [-0.4, -0.2) is 31.8 Å². The summed E-state index contributed by atoms with van der Waals surface area (Å²) in [6.07, 6.45) is 20.2. The molecule has 0 aliphatic heterocycles. The van der Waals surface area contributed by atoms with Gasteiger partial charge >= 0.3 is 0 Å². The lowest BCUT2D eigenvalue weighted by atomic mass is 10.1. The average Bonchev–Trinajstić information content (AvgIpc) is 3.41. The molecule has 34 heavy (non-hydrogen) atoms. The number of thiophene rings is 1. The molecule has 0 aliphatic rings. The minimum Gasteiger partial charge on any atom is -0.508 e. The van der Waals surface area contributed by atoms with Crippen molar-refractivity contribution in [1.82, 2.24) is 0 Å². The smallest absolute Gasteiger partial charge is 0.253 e. The van der Waals surface area contributed by atoms with E-state index < -0.39 is 10.9 Å². The first-order valence-corrected chi connectivity index (χ1v) is 11.5. The van der Waals surface area contributed by atoms with Gasteiger partial charge in [0.05, 0.1) is 0 Å². The van der Waals surface area contributed by atoms with E-state index in [-0.39, 0.29) is 5.75 Å². The molecule has 2 aromatic carbocycles. The standard InChI is InChI=1S/C22H24N2O3S.2C2H2.CH5N/c1-2-12-24(13-3-4-16-5-7-18(25)8-6-16)20-19(21(26)22(20)27)23-11-9-17-10-14-28-15-17;3*1-2/h2,5-8,10,14-15,23,25H,1,3-4,9,11-13H2;2*1-2H;2H2,1H3. The zero-order valence-electron chi connectivity index (χ0n) is 19.6. The normalized spacial score (nSPS) is 9.24. The third kappa shape index (κ3) is 8.99. The molecule has 0 unspecified atom stereocenters. The number of hydrogen-bond acceptors (Lipinski definition) is 7. The van der Waals surface area contributed by atoms with Crippen LogP contribution in [0.4, 0.5) is 11.4 Å². The second kappa shape index (κ2) is 17.7. The Morgan fingerprint density at radius 1 is 1.03 bits per heavy atom. The van der Waals surface area contributed by atoms with Crippen LogP contribution in [0.1, 0.15) is 17.5 Å². The van der Waals surface area contributed by atoms with E-state index in [1.807, 2.05) is 22.4 Å². The molecule has 0 radical (unpaired) electrons. The molecule has 7 heteroatoms. The molecule has 0 aliphatic carbocycles. The molecule has 0 fully saturated rings. The number of anilines is 2. The number of nitrogens with two attached hydrogens (primary N) is 1. The molecule has 0 atom stereocenters. The van der Waals surface area contributed by atoms with Gasteiger partial charge in [-0.2, -0.15) is 11.3 Å². The second-order valence-electron chi connectivity index (χ2n) is 6.69. The Morgan fingerprint density at radius 3 is 2.24 bits per heavy atom. The molecule has 1 heterocycles. The maximum absolute atomic E-state index is 12.2. The topological polar surface area (TPSA) is 95.7 Å². The van der Waals surface area contributed by atoms with E-state index in [9.17, 15) is 14.7 Å². The van der Waals surface area contributed by atoms with E-state index >= 15 is 0 Å². The summed E-state index contributed by atoms with van der Waals surface area (Å²) in [5.74, 6) is 0.249. The van der Waals surface area contributed by atoms with Gasteiger partial charge in [-0.25, -0.2) is 0 Å². The number of benzene rings is 1. The minimum atomic E-state index is -0.437.